The molecule has 0 fully saturated rings. The molecule has 2 aromatic rings. The Morgan fingerprint density at radius 3 is 2.50 bits per heavy atom. The first-order valence-electron chi connectivity index (χ1n) is 8.83. The summed E-state index contributed by atoms with van der Waals surface area (Å²) in [5.74, 6) is 0. The van der Waals surface area contributed by atoms with Crippen LogP contribution in [0.4, 0.5) is 10.5 Å². The van der Waals surface area contributed by atoms with Crippen molar-refractivity contribution in [3.8, 4) is 11.1 Å². The number of amides is 1. The van der Waals surface area contributed by atoms with Gasteiger partial charge in [0.25, 0.3) is 0 Å². The quantitative estimate of drug-likeness (QED) is 0.800. The van der Waals surface area contributed by atoms with Crippen molar-refractivity contribution >= 4 is 11.8 Å². The highest BCUT2D eigenvalue weighted by atomic mass is 16.6. The SMILES string of the molecule is CC1(CNC(=O)OC(C)(C)C)Cc2ccccc2-c2ccccc2N=N1. The van der Waals surface area contributed by atoms with Crippen molar-refractivity contribution in [1.82, 2.24) is 5.32 Å². The summed E-state index contributed by atoms with van der Waals surface area (Å²) in [5.41, 5.74) is 3.17. The molecule has 1 N–H and O–H groups in total. The molecule has 1 aliphatic heterocycles. The molecule has 1 aliphatic rings. The average Bonchev–Trinajstić information content (AvgIpc) is 2.57. The summed E-state index contributed by atoms with van der Waals surface area (Å²) in [6.45, 7) is 7.88. The second-order valence-electron chi connectivity index (χ2n) is 7.90. The smallest absolute Gasteiger partial charge is 0.407 e. The van der Waals surface area contributed by atoms with Crippen molar-refractivity contribution in [1.29, 1.82) is 0 Å². The lowest BCUT2D eigenvalue weighted by atomic mass is 9.87. The van der Waals surface area contributed by atoms with Gasteiger partial charge >= 0.3 is 6.09 Å². The number of alkyl carbamates (subject to hydrolysis) is 1. The number of ether oxygens (including phenoxy) is 1. The number of hydrogen-bond acceptors (Lipinski definition) is 4. The van der Waals surface area contributed by atoms with Crippen LogP contribution in [-0.2, 0) is 11.2 Å². The van der Waals surface area contributed by atoms with Crippen molar-refractivity contribution in [2.24, 2.45) is 10.2 Å². The van der Waals surface area contributed by atoms with E-state index in [-0.39, 0.29) is 0 Å². The minimum absolute atomic E-state index is 0.349. The molecular weight excluding hydrogens is 326 g/mol. The normalized spacial score (nSPS) is 18.9. The van der Waals surface area contributed by atoms with Crippen LogP contribution in [0.15, 0.2) is 58.8 Å². The largest absolute Gasteiger partial charge is 0.444 e. The molecule has 0 saturated heterocycles. The molecule has 3 rings (SSSR count). The van der Waals surface area contributed by atoms with Crippen molar-refractivity contribution in [2.45, 2.75) is 45.3 Å². The molecule has 1 atom stereocenters. The molecular formula is C21H25N3O2. The monoisotopic (exact) mass is 351 g/mol. The molecule has 0 aliphatic carbocycles. The Morgan fingerprint density at radius 1 is 1.12 bits per heavy atom. The number of hydrogen-bond donors (Lipinski definition) is 1. The molecule has 1 unspecified atom stereocenters. The summed E-state index contributed by atoms with van der Waals surface area (Å²) in [7, 11) is 0. The first kappa shape index (κ1) is 18.1. The van der Waals surface area contributed by atoms with Gasteiger partial charge in [0.05, 0.1) is 5.69 Å². The summed E-state index contributed by atoms with van der Waals surface area (Å²) in [5, 5.41) is 11.9. The summed E-state index contributed by atoms with van der Waals surface area (Å²) in [6.07, 6.45) is 0.237. The van der Waals surface area contributed by atoms with Crippen LogP contribution in [-0.4, -0.2) is 23.8 Å². The summed E-state index contributed by atoms with van der Waals surface area (Å²) >= 11 is 0. The maximum atomic E-state index is 12.0. The van der Waals surface area contributed by atoms with E-state index in [2.05, 4.69) is 33.7 Å². The van der Waals surface area contributed by atoms with Crippen LogP contribution in [0.25, 0.3) is 11.1 Å². The maximum Gasteiger partial charge on any atom is 0.407 e. The molecule has 26 heavy (non-hydrogen) atoms. The van der Waals surface area contributed by atoms with Crippen LogP contribution in [0, 0.1) is 0 Å². The van der Waals surface area contributed by atoms with Crippen LogP contribution >= 0.6 is 0 Å². The Morgan fingerprint density at radius 2 is 1.77 bits per heavy atom. The molecule has 0 saturated carbocycles. The summed E-state index contributed by atoms with van der Waals surface area (Å²) in [6, 6.07) is 16.3. The van der Waals surface area contributed by atoms with Crippen LogP contribution in [0.2, 0.25) is 0 Å². The number of benzene rings is 2. The number of nitrogens with zero attached hydrogens (tertiary/aromatic N) is 2. The Balaban J connectivity index is 1.88. The molecule has 0 bridgehead atoms. The van der Waals surface area contributed by atoms with Crippen LogP contribution in [0.1, 0.15) is 33.3 Å². The lowest BCUT2D eigenvalue weighted by Crippen LogP contribution is -2.43. The molecule has 2 aromatic carbocycles. The predicted molar refractivity (Wildman–Crippen MR) is 103 cm³/mol. The third-order valence-corrected chi connectivity index (χ3v) is 4.19. The first-order valence-corrected chi connectivity index (χ1v) is 8.83. The van der Waals surface area contributed by atoms with Gasteiger partial charge in [-0.15, -0.1) is 0 Å². The zero-order valence-electron chi connectivity index (χ0n) is 15.7. The summed E-state index contributed by atoms with van der Waals surface area (Å²) < 4.78 is 5.33. The Kier molecular flexibility index (Phi) is 4.81. The number of rotatable bonds is 2. The van der Waals surface area contributed by atoms with Gasteiger partial charge in [0.2, 0.25) is 0 Å². The number of carbonyl (C=O) groups is 1. The van der Waals surface area contributed by atoms with Gasteiger partial charge in [-0.1, -0.05) is 42.5 Å². The van der Waals surface area contributed by atoms with Gasteiger partial charge in [-0.2, -0.15) is 10.2 Å². The highest BCUT2D eigenvalue weighted by molar-refractivity contribution is 5.78. The van der Waals surface area contributed by atoms with E-state index in [1.165, 1.54) is 5.56 Å². The van der Waals surface area contributed by atoms with Crippen LogP contribution < -0.4 is 5.32 Å². The van der Waals surface area contributed by atoms with E-state index in [0.29, 0.717) is 13.0 Å². The highest BCUT2D eigenvalue weighted by Gasteiger charge is 2.29. The van der Waals surface area contributed by atoms with E-state index in [4.69, 9.17) is 4.74 Å². The van der Waals surface area contributed by atoms with Gasteiger partial charge in [0, 0.05) is 18.5 Å². The lowest BCUT2D eigenvalue weighted by Gasteiger charge is -2.28. The molecule has 5 nitrogen and oxygen atoms in total. The van der Waals surface area contributed by atoms with E-state index in [1.54, 1.807) is 0 Å². The molecule has 1 heterocycles. The maximum absolute atomic E-state index is 12.0. The summed E-state index contributed by atoms with van der Waals surface area (Å²) in [4.78, 5) is 12.0. The minimum atomic E-state index is -0.555. The molecule has 0 aromatic heterocycles. The van der Waals surface area contributed by atoms with E-state index < -0.39 is 17.2 Å². The fourth-order valence-electron chi connectivity index (χ4n) is 3.02. The van der Waals surface area contributed by atoms with Crippen LogP contribution in [0.5, 0.6) is 0 Å². The molecule has 0 radical (unpaired) electrons. The first-order chi connectivity index (χ1) is 12.3. The Bertz CT molecular complexity index is 839. The molecule has 1 amide bonds. The third kappa shape index (κ3) is 4.28. The van der Waals surface area contributed by atoms with E-state index >= 15 is 0 Å². The van der Waals surface area contributed by atoms with Gasteiger partial charge in [0.15, 0.2) is 0 Å². The molecule has 5 heteroatoms. The van der Waals surface area contributed by atoms with Gasteiger partial charge in [-0.25, -0.2) is 4.79 Å². The van der Waals surface area contributed by atoms with Crippen molar-refractivity contribution < 1.29 is 9.53 Å². The van der Waals surface area contributed by atoms with Gasteiger partial charge in [0.1, 0.15) is 11.1 Å². The molecule has 0 spiro atoms. The van der Waals surface area contributed by atoms with Gasteiger partial charge < -0.3 is 10.1 Å². The average molecular weight is 351 g/mol. The van der Waals surface area contributed by atoms with Crippen molar-refractivity contribution in [3.05, 3.63) is 54.1 Å². The standard InChI is InChI=1S/C21H25N3O2/c1-20(2,3)26-19(25)22-14-21(4)13-15-9-5-6-10-16(15)17-11-7-8-12-18(17)23-24-21/h5-12H,13-14H2,1-4H3,(H,22,25). The molecule has 136 valence electrons. The third-order valence-electron chi connectivity index (χ3n) is 4.19. The van der Waals surface area contributed by atoms with Crippen molar-refractivity contribution in [3.63, 3.8) is 0 Å². The van der Waals surface area contributed by atoms with Crippen LogP contribution in [0.3, 0.4) is 0 Å². The fraction of sp³-hybridized carbons (Fsp3) is 0.381. The van der Waals surface area contributed by atoms with Gasteiger partial charge in [-0.05, 0) is 44.9 Å². The van der Waals surface area contributed by atoms with Crippen molar-refractivity contribution in [2.75, 3.05) is 6.54 Å². The van der Waals surface area contributed by atoms with Gasteiger partial charge in [-0.3, -0.25) is 0 Å². The zero-order chi connectivity index (χ0) is 18.8. The second kappa shape index (κ2) is 6.90. The van der Waals surface area contributed by atoms with E-state index in [0.717, 1.165) is 16.8 Å². The van der Waals surface area contributed by atoms with E-state index in [1.807, 2.05) is 58.0 Å². The highest BCUT2D eigenvalue weighted by Crippen LogP contribution is 2.37. The fourth-order valence-corrected chi connectivity index (χ4v) is 3.02. The lowest BCUT2D eigenvalue weighted by molar-refractivity contribution is 0.0516. The zero-order valence-corrected chi connectivity index (χ0v) is 15.7. The Labute approximate surface area is 154 Å². The Hall–Kier alpha value is -2.69. The number of azo groups is 1. The second-order valence-corrected chi connectivity index (χ2v) is 7.90. The topological polar surface area (TPSA) is 63.0 Å². The predicted octanol–water partition coefficient (Wildman–Crippen LogP) is 5.28. The minimum Gasteiger partial charge on any atom is -0.444 e. The number of carbonyl (C=O) groups excluding carboxylic acids is 1. The number of fused-ring (bicyclic) bond motifs is 3. The van der Waals surface area contributed by atoms with E-state index in [9.17, 15) is 4.79 Å². The number of nitrogens with one attached hydrogen (secondary N) is 1.